The van der Waals surface area contributed by atoms with Gasteiger partial charge in [0.05, 0.1) is 22.9 Å². The first kappa shape index (κ1) is 21.3. The number of amides is 1. The lowest BCUT2D eigenvalue weighted by atomic mass is 9.70. The minimum Gasteiger partial charge on any atom is -0.455 e. The second-order valence-electron chi connectivity index (χ2n) is 7.85. The molecule has 1 saturated carbocycles. The molecule has 0 radical (unpaired) electrons. The number of esters is 1. The maximum absolute atomic E-state index is 12.6. The highest BCUT2D eigenvalue weighted by Crippen LogP contribution is 2.39. The number of nitrogens with zero attached hydrogens (tertiary/aromatic N) is 3. The second-order valence-corrected chi connectivity index (χ2v) is 8.29. The third-order valence-corrected chi connectivity index (χ3v) is 5.71. The summed E-state index contributed by atoms with van der Waals surface area (Å²) in [6.07, 6.45) is 5.49. The first-order chi connectivity index (χ1) is 13.8. The predicted molar refractivity (Wildman–Crippen MR) is 108 cm³/mol. The summed E-state index contributed by atoms with van der Waals surface area (Å²) < 4.78 is 6.80. The molecule has 0 bridgehead atoms. The van der Waals surface area contributed by atoms with E-state index >= 15 is 0 Å². The number of ether oxygens (including phenoxy) is 1. The molecule has 1 aliphatic rings. The SMILES string of the molecule is CC(C)(C(=O)OCC(=O)Nc1cc(Cl)ccc1-n1cncn1)C1CCC(O)CC1. The molecule has 29 heavy (non-hydrogen) atoms. The standard InChI is InChI=1S/C20H25ClN4O4/c1-20(2,13-3-6-15(26)7-4-13)19(28)29-10-18(27)24-16-9-14(21)5-8-17(16)25-12-22-11-23-25/h5,8-9,11-13,15,26H,3-4,6-7,10H2,1-2H3,(H,24,27). The van der Waals surface area contributed by atoms with E-state index in [0.717, 1.165) is 12.8 Å². The summed E-state index contributed by atoms with van der Waals surface area (Å²) in [5.41, 5.74) is 0.305. The number of aromatic nitrogens is 3. The Kier molecular flexibility index (Phi) is 6.54. The molecule has 8 nitrogen and oxygen atoms in total. The van der Waals surface area contributed by atoms with Crippen molar-refractivity contribution in [2.24, 2.45) is 11.3 Å². The minimum atomic E-state index is -0.720. The Morgan fingerprint density at radius 3 is 2.69 bits per heavy atom. The molecule has 0 atom stereocenters. The number of hydrogen-bond donors (Lipinski definition) is 2. The summed E-state index contributed by atoms with van der Waals surface area (Å²) >= 11 is 6.05. The van der Waals surface area contributed by atoms with Crippen molar-refractivity contribution in [2.75, 3.05) is 11.9 Å². The van der Waals surface area contributed by atoms with Gasteiger partial charge in [0.15, 0.2) is 6.61 Å². The fourth-order valence-corrected chi connectivity index (χ4v) is 3.78. The maximum Gasteiger partial charge on any atom is 0.312 e. The first-order valence-corrected chi connectivity index (χ1v) is 9.95. The van der Waals surface area contributed by atoms with Gasteiger partial charge in [0, 0.05) is 5.02 Å². The summed E-state index contributed by atoms with van der Waals surface area (Å²) in [7, 11) is 0. The van der Waals surface area contributed by atoms with Crippen molar-refractivity contribution in [3.63, 3.8) is 0 Å². The number of hydrogen-bond acceptors (Lipinski definition) is 6. The van der Waals surface area contributed by atoms with Crippen LogP contribution in [0.15, 0.2) is 30.9 Å². The molecule has 156 valence electrons. The van der Waals surface area contributed by atoms with Crippen molar-refractivity contribution < 1.29 is 19.4 Å². The third-order valence-electron chi connectivity index (χ3n) is 5.48. The minimum absolute atomic E-state index is 0.119. The van der Waals surface area contributed by atoms with Gasteiger partial charge in [-0.2, -0.15) is 5.10 Å². The van der Waals surface area contributed by atoms with E-state index in [4.69, 9.17) is 16.3 Å². The van der Waals surface area contributed by atoms with Crippen molar-refractivity contribution in [3.8, 4) is 5.69 Å². The van der Waals surface area contributed by atoms with Gasteiger partial charge in [-0.3, -0.25) is 9.59 Å². The first-order valence-electron chi connectivity index (χ1n) is 9.57. The molecule has 0 aliphatic heterocycles. The summed E-state index contributed by atoms with van der Waals surface area (Å²) in [5.74, 6) is -0.776. The van der Waals surface area contributed by atoms with Crippen LogP contribution in [0.1, 0.15) is 39.5 Å². The summed E-state index contributed by atoms with van der Waals surface area (Å²) in [5, 5.41) is 16.9. The van der Waals surface area contributed by atoms with Gasteiger partial charge in [-0.05, 0) is 63.6 Å². The van der Waals surface area contributed by atoms with Crippen molar-refractivity contribution in [2.45, 2.75) is 45.6 Å². The number of benzene rings is 1. The molecule has 0 spiro atoms. The van der Waals surface area contributed by atoms with E-state index in [1.165, 1.54) is 17.3 Å². The molecule has 1 heterocycles. The van der Waals surface area contributed by atoms with Crippen LogP contribution in [-0.4, -0.2) is 44.5 Å². The Bertz CT molecular complexity index is 861. The molecule has 1 aliphatic carbocycles. The van der Waals surface area contributed by atoms with Crippen LogP contribution in [0.5, 0.6) is 0 Å². The van der Waals surface area contributed by atoms with Gasteiger partial charge >= 0.3 is 5.97 Å². The quantitative estimate of drug-likeness (QED) is 0.696. The number of halogens is 1. The van der Waals surface area contributed by atoms with Gasteiger partial charge < -0.3 is 15.2 Å². The second kappa shape index (κ2) is 8.92. The van der Waals surface area contributed by atoms with E-state index in [2.05, 4.69) is 15.4 Å². The van der Waals surface area contributed by atoms with Crippen LogP contribution in [0, 0.1) is 11.3 Å². The molecule has 1 amide bonds. The van der Waals surface area contributed by atoms with Crippen molar-refractivity contribution >= 4 is 29.2 Å². The zero-order valence-corrected chi connectivity index (χ0v) is 17.2. The van der Waals surface area contributed by atoms with Gasteiger partial charge in [0.25, 0.3) is 5.91 Å². The molecule has 9 heteroatoms. The number of aliphatic hydroxyl groups is 1. The maximum atomic E-state index is 12.6. The van der Waals surface area contributed by atoms with Crippen LogP contribution in [0.3, 0.4) is 0 Å². The highest BCUT2D eigenvalue weighted by Gasteiger charge is 2.40. The monoisotopic (exact) mass is 420 g/mol. The third kappa shape index (κ3) is 5.13. The van der Waals surface area contributed by atoms with Gasteiger partial charge in [0.2, 0.25) is 0 Å². The molecule has 3 rings (SSSR count). The van der Waals surface area contributed by atoms with Gasteiger partial charge in [-0.15, -0.1) is 0 Å². The zero-order chi connectivity index (χ0) is 21.0. The Morgan fingerprint density at radius 1 is 1.31 bits per heavy atom. The number of carbonyl (C=O) groups is 2. The summed E-state index contributed by atoms with van der Waals surface area (Å²) in [4.78, 5) is 28.9. The van der Waals surface area contributed by atoms with Crippen LogP contribution >= 0.6 is 11.6 Å². The predicted octanol–water partition coefficient (Wildman–Crippen LogP) is 2.98. The molecular weight excluding hydrogens is 396 g/mol. The van der Waals surface area contributed by atoms with E-state index in [0.29, 0.717) is 29.2 Å². The van der Waals surface area contributed by atoms with E-state index < -0.39 is 23.9 Å². The van der Waals surface area contributed by atoms with Crippen molar-refractivity contribution in [1.82, 2.24) is 14.8 Å². The number of rotatable bonds is 6. The molecule has 0 saturated heterocycles. The van der Waals surface area contributed by atoms with E-state index in [1.807, 2.05) is 13.8 Å². The molecule has 2 aromatic rings. The van der Waals surface area contributed by atoms with Gasteiger partial charge in [-0.25, -0.2) is 9.67 Å². The van der Waals surface area contributed by atoms with Crippen molar-refractivity contribution in [3.05, 3.63) is 35.9 Å². The lowest BCUT2D eigenvalue weighted by molar-refractivity contribution is -0.160. The van der Waals surface area contributed by atoms with Crippen LogP contribution in [0.4, 0.5) is 5.69 Å². The van der Waals surface area contributed by atoms with Crippen LogP contribution in [0.2, 0.25) is 5.02 Å². The Hall–Kier alpha value is -2.45. The van der Waals surface area contributed by atoms with Crippen molar-refractivity contribution in [1.29, 1.82) is 0 Å². The topological polar surface area (TPSA) is 106 Å². The normalized spacial score (nSPS) is 19.6. The number of anilines is 1. The molecule has 1 aromatic heterocycles. The fraction of sp³-hybridized carbons (Fsp3) is 0.500. The smallest absolute Gasteiger partial charge is 0.312 e. The zero-order valence-electron chi connectivity index (χ0n) is 16.5. The highest BCUT2D eigenvalue weighted by molar-refractivity contribution is 6.31. The van der Waals surface area contributed by atoms with Gasteiger partial charge in [-0.1, -0.05) is 11.6 Å². The molecule has 1 aromatic carbocycles. The lowest BCUT2D eigenvalue weighted by Gasteiger charge is -2.36. The highest BCUT2D eigenvalue weighted by atomic mass is 35.5. The molecule has 1 fully saturated rings. The number of aliphatic hydroxyl groups excluding tert-OH is 1. The Morgan fingerprint density at radius 2 is 2.03 bits per heavy atom. The fourth-order valence-electron chi connectivity index (χ4n) is 3.61. The molecule has 0 unspecified atom stereocenters. The summed E-state index contributed by atoms with van der Waals surface area (Å²) in [6, 6.07) is 4.98. The van der Waals surface area contributed by atoms with E-state index in [1.54, 1.807) is 18.2 Å². The number of nitrogens with one attached hydrogen (secondary N) is 1. The summed E-state index contributed by atoms with van der Waals surface area (Å²) in [6.45, 7) is 3.26. The van der Waals surface area contributed by atoms with Gasteiger partial charge in [0.1, 0.15) is 12.7 Å². The van der Waals surface area contributed by atoms with Crippen LogP contribution in [0.25, 0.3) is 5.69 Å². The lowest BCUT2D eigenvalue weighted by Crippen LogP contribution is -2.38. The average molecular weight is 421 g/mol. The van der Waals surface area contributed by atoms with Crippen LogP contribution < -0.4 is 5.32 Å². The Balaban J connectivity index is 1.60. The molecule has 2 N–H and O–H groups in total. The van der Waals surface area contributed by atoms with Crippen LogP contribution in [-0.2, 0) is 14.3 Å². The largest absolute Gasteiger partial charge is 0.455 e. The number of carbonyl (C=O) groups excluding carboxylic acids is 2. The molecular formula is C20H25ClN4O4. The van der Waals surface area contributed by atoms with E-state index in [9.17, 15) is 14.7 Å². The average Bonchev–Trinajstić information content (AvgIpc) is 3.21. The Labute approximate surface area is 174 Å². The van der Waals surface area contributed by atoms with E-state index in [-0.39, 0.29) is 12.0 Å².